The van der Waals surface area contributed by atoms with E-state index in [1.165, 1.54) is 0 Å². The third kappa shape index (κ3) is 7.77. The molecule has 1 aliphatic heterocycles. The number of hydrogen-bond acceptors (Lipinski definition) is 5. The number of rotatable bonds is 7. The lowest BCUT2D eigenvalue weighted by Gasteiger charge is -2.29. The summed E-state index contributed by atoms with van der Waals surface area (Å²) >= 11 is 0. The smallest absolute Gasteiger partial charge is 0.410 e. The standard InChI is InChI=1S/C22H30N2O6/c1-22(2,3)30-20(27)23-17-13-14-24(18(17)11-7-8-12-19(25)26)21(28)29-15-16-9-5-4-6-10-16/h4-6,8-10,12,17-18H,7,11,13-15H2,1-3H3,(H,23,27)(H,25,26)/t17-,18+/m0/s1. The van der Waals surface area contributed by atoms with Crippen LogP contribution < -0.4 is 5.32 Å². The number of carboxylic acid groups (broad SMARTS) is 1. The fraction of sp³-hybridized carbons (Fsp3) is 0.500. The summed E-state index contributed by atoms with van der Waals surface area (Å²) in [7, 11) is 0. The van der Waals surface area contributed by atoms with Crippen molar-refractivity contribution in [2.24, 2.45) is 0 Å². The molecular weight excluding hydrogens is 388 g/mol. The molecule has 0 radical (unpaired) electrons. The number of alkyl carbamates (subject to hydrolysis) is 1. The van der Waals surface area contributed by atoms with Gasteiger partial charge in [0.2, 0.25) is 0 Å². The lowest BCUT2D eigenvalue weighted by atomic mass is 10.0. The number of carboxylic acids is 1. The first-order valence-electron chi connectivity index (χ1n) is 10.0. The van der Waals surface area contributed by atoms with Gasteiger partial charge in [0.15, 0.2) is 0 Å². The van der Waals surface area contributed by atoms with Crippen LogP contribution in [0.3, 0.4) is 0 Å². The fourth-order valence-electron chi connectivity index (χ4n) is 3.32. The molecule has 1 aromatic rings. The van der Waals surface area contributed by atoms with Gasteiger partial charge in [0.25, 0.3) is 0 Å². The minimum atomic E-state index is -1.02. The molecule has 1 saturated heterocycles. The van der Waals surface area contributed by atoms with Crippen molar-refractivity contribution in [1.82, 2.24) is 10.2 Å². The molecule has 0 unspecified atom stereocenters. The predicted molar refractivity (Wildman–Crippen MR) is 111 cm³/mol. The van der Waals surface area contributed by atoms with Gasteiger partial charge < -0.3 is 24.8 Å². The van der Waals surface area contributed by atoms with Gasteiger partial charge in [-0.2, -0.15) is 0 Å². The fourth-order valence-corrected chi connectivity index (χ4v) is 3.32. The van der Waals surface area contributed by atoms with Gasteiger partial charge in [-0.3, -0.25) is 0 Å². The van der Waals surface area contributed by atoms with E-state index in [1.807, 2.05) is 30.3 Å². The van der Waals surface area contributed by atoms with Crippen LogP contribution in [-0.2, 0) is 20.9 Å². The zero-order valence-electron chi connectivity index (χ0n) is 17.7. The monoisotopic (exact) mass is 418 g/mol. The molecule has 2 N–H and O–H groups in total. The summed E-state index contributed by atoms with van der Waals surface area (Å²) in [6, 6.07) is 8.76. The van der Waals surface area contributed by atoms with Crippen LogP contribution in [0.2, 0.25) is 0 Å². The topological polar surface area (TPSA) is 105 Å². The quantitative estimate of drug-likeness (QED) is 0.654. The second-order valence-corrected chi connectivity index (χ2v) is 8.16. The Balaban J connectivity index is 2.01. The number of carbonyl (C=O) groups excluding carboxylic acids is 2. The lowest BCUT2D eigenvalue weighted by Crippen LogP contribution is -2.48. The first-order chi connectivity index (χ1) is 14.2. The molecule has 0 bridgehead atoms. The zero-order valence-corrected chi connectivity index (χ0v) is 17.7. The van der Waals surface area contributed by atoms with Crippen molar-refractivity contribution in [3.8, 4) is 0 Å². The van der Waals surface area contributed by atoms with E-state index in [2.05, 4.69) is 5.32 Å². The number of ether oxygens (including phenoxy) is 2. The number of aliphatic carboxylic acids is 1. The SMILES string of the molecule is CC(C)(C)OC(=O)N[C@H]1CCN(C(=O)OCc2ccccc2)[C@@H]1CCC=CC(=O)O. The van der Waals surface area contributed by atoms with Gasteiger partial charge in [-0.15, -0.1) is 0 Å². The van der Waals surface area contributed by atoms with Gasteiger partial charge in [-0.05, 0) is 45.6 Å². The molecule has 30 heavy (non-hydrogen) atoms. The van der Waals surface area contributed by atoms with Crippen molar-refractivity contribution >= 4 is 18.2 Å². The van der Waals surface area contributed by atoms with Gasteiger partial charge in [0, 0.05) is 12.6 Å². The van der Waals surface area contributed by atoms with Gasteiger partial charge in [-0.25, -0.2) is 14.4 Å². The van der Waals surface area contributed by atoms with Crippen LogP contribution in [0.25, 0.3) is 0 Å². The molecule has 2 amide bonds. The third-order valence-corrected chi connectivity index (χ3v) is 4.58. The maximum atomic E-state index is 12.7. The number of amides is 2. The Bertz CT molecular complexity index is 757. The Morgan fingerprint density at radius 2 is 1.93 bits per heavy atom. The van der Waals surface area contributed by atoms with Crippen LogP contribution >= 0.6 is 0 Å². The largest absolute Gasteiger partial charge is 0.478 e. The molecule has 2 atom stereocenters. The summed E-state index contributed by atoms with van der Waals surface area (Å²) in [5, 5.41) is 11.6. The third-order valence-electron chi connectivity index (χ3n) is 4.58. The minimum absolute atomic E-state index is 0.159. The van der Waals surface area contributed by atoms with E-state index in [-0.39, 0.29) is 18.7 Å². The van der Waals surface area contributed by atoms with Crippen molar-refractivity contribution in [2.45, 2.75) is 64.3 Å². The number of allylic oxidation sites excluding steroid dienone is 1. The second-order valence-electron chi connectivity index (χ2n) is 8.16. The molecule has 164 valence electrons. The first kappa shape index (κ1) is 23.3. The average Bonchev–Trinajstić information content (AvgIpc) is 3.04. The molecule has 1 aromatic carbocycles. The molecule has 0 saturated carbocycles. The maximum absolute atomic E-state index is 12.7. The van der Waals surface area contributed by atoms with Crippen molar-refractivity contribution in [3.63, 3.8) is 0 Å². The Morgan fingerprint density at radius 3 is 2.57 bits per heavy atom. The summed E-state index contributed by atoms with van der Waals surface area (Å²) in [6.07, 6.45) is 3.11. The number of nitrogens with zero attached hydrogens (tertiary/aromatic N) is 1. The number of hydrogen-bond donors (Lipinski definition) is 2. The molecule has 8 nitrogen and oxygen atoms in total. The summed E-state index contributed by atoms with van der Waals surface area (Å²) < 4.78 is 10.8. The van der Waals surface area contributed by atoms with E-state index in [1.54, 1.807) is 31.7 Å². The van der Waals surface area contributed by atoms with E-state index in [0.29, 0.717) is 25.8 Å². The Morgan fingerprint density at radius 1 is 1.23 bits per heavy atom. The normalized spacial score (nSPS) is 19.0. The molecule has 1 fully saturated rings. The van der Waals surface area contributed by atoms with Gasteiger partial charge >= 0.3 is 18.2 Å². The summed E-state index contributed by atoms with van der Waals surface area (Å²) in [5.74, 6) is -1.02. The van der Waals surface area contributed by atoms with E-state index in [0.717, 1.165) is 11.6 Å². The molecule has 0 aliphatic carbocycles. The van der Waals surface area contributed by atoms with E-state index < -0.39 is 23.8 Å². The summed E-state index contributed by atoms with van der Waals surface area (Å²) in [5.41, 5.74) is 0.255. The van der Waals surface area contributed by atoms with Gasteiger partial charge in [0.05, 0.1) is 12.1 Å². The van der Waals surface area contributed by atoms with E-state index >= 15 is 0 Å². The maximum Gasteiger partial charge on any atom is 0.410 e. The minimum Gasteiger partial charge on any atom is -0.478 e. The zero-order chi connectivity index (χ0) is 22.1. The van der Waals surface area contributed by atoms with Crippen LogP contribution in [0.5, 0.6) is 0 Å². The molecule has 1 heterocycles. The summed E-state index contributed by atoms with van der Waals surface area (Å²) in [6.45, 7) is 5.93. The van der Waals surface area contributed by atoms with Crippen molar-refractivity contribution < 1.29 is 29.0 Å². The highest BCUT2D eigenvalue weighted by Crippen LogP contribution is 2.24. The van der Waals surface area contributed by atoms with Crippen LogP contribution in [0.4, 0.5) is 9.59 Å². The molecular formula is C22H30N2O6. The van der Waals surface area contributed by atoms with Gasteiger partial charge in [-0.1, -0.05) is 36.4 Å². The van der Waals surface area contributed by atoms with Crippen LogP contribution in [-0.4, -0.2) is 52.4 Å². The number of nitrogens with one attached hydrogen (secondary N) is 1. The van der Waals surface area contributed by atoms with E-state index in [9.17, 15) is 14.4 Å². The molecule has 1 aliphatic rings. The highest BCUT2D eigenvalue weighted by Gasteiger charge is 2.38. The average molecular weight is 418 g/mol. The molecule has 0 spiro atoms. The van der Waals surface area contributed by atoms with Crippen molar-refractivity contribution in [2.75, 3.05) is 6.54 Å². The van der Waals surface area contributed by atoms with Crippen LogP contribution in [0.1, 0.15) is 45.6 Å². The van der Waals surface area contributed by atoms with Crippen LogP contribution in [0, 0.1) is 0 Å². The number of likely N-dealkylation sites (tertiary alicyclic amines) is 1. The van der Waals surface area contributed by atoms with Gasteiger partial charge in [0.1, 0.15) is 12.2 Å². The number of benzene rings is 1. The van der Waals surface area contributed by atoms with Crippen molar-refractivity contribution in [1.29, 1.82) is 0 Å². The highest BCUT2D eigenvalue weighted by molar-refractivity contribution is 5.79. The van der Waals surface area contributed by atoms with E-state index in [4.69, 9.17) is 14.6 Å². The summed E-state index contributed by atoms with van der Waals surface area (Å²) in [4.78, 5) is 37.2. The Kier molecular flexibility index (Phi) is 8.26. The van der Waals surface area contributed by atoms with Crippen molar-refractivity contribution in [3.05, 3.63) is 48.0 Å². The Hall–Kier alpha value is -3.03. The first-order valence-corrected chi connectivity index (χ1v) is 10.0. The highest BCUT2D eigenvalue weighted by atomic mass is 16.6. The van der Waals surface area contributed by atoms with Crippen LogP contribution in [0.15, 0.2) is 42.5 Å². The molecule has 0 aromatic heterocycles. The Labute approximate surface area is 176 Å². The second kappa shape index (κ2) is 10.7. The molecule has 8 heteroatoms. The predicted octanol–water partition coefficient (Wildman–Crippen LogP) is 3.71. The lowest BCUT2D eigenvalue weighted by molar-refractivity contribution is -0.131. The molecule has 2 rings (SSSR count). The number of carbonyl (C=O) groups is 3.